The van der Waals surface area contributed by atoms with Crippen molar-refractivity contribution in [3.05, 3.63) is 29.3 Å². The third-order valence-corrected chi connectivity index (χ3v) is 5.59. The van der Waals surface area contributed by atoms with Crippen LogP contribution in [0.2, 0.25) is 0 Å². The van der Waals surface area contributed by atoms with Gasteiger partial charge in [-0.15, -0.1) is 11.3 Å². The fraction of sp³-hybridized carbons (Fsp3) is 0.474. The van der Waals surface area contributed by atoms with Crippen LogP contribution >= 0.6 is 11.3 Å². The van der Waals surface area contributed by atoms with Crippen molar-refractivity contribution in [2.75, 3.05) is 34.4 Å². The standard InChI is InChI=1S/C19H25N3O3S/c1-20-11-15-5-4-8-22(15)18(23)10-14-12-26-19(21-14)13-6-7-16(24-2)17(9-13)25-3/h6-7,9,12,15,20H,4-5,8,10-11H2,1-3H3. The summed E-state index contributed by atoms with van der Waals surface area (Å²) in [5.74, 6) is 1.52. The van der Waals surface area contributed by atoms with Crippen molar-refractivity contribution in [3.63, 3.8) is 0 Å². The van der Waals surface area contributed by atoms with Crippen molar-refractivity contribution in [1.29, 1.82) is 0 Å². The van der Waals surface area contributed by atoms with Gasteiger partial charge in [0, 0.05) is 30.1 Å². The number of amides is 1. The van der Waals surface area contributed by atoms with Crippen molar-refractivity contribution in [2.24, 2.45) is 0 Å². The van der Waals surface area contributed by atoms with Crippen molar-refractivity contribution in [1.82, 2.24) is 15.2 Å². The number of likely N-dealkylation sites (N-methyl/N-ethyl adjacent to an activating group) is 1. The van der Waals surface area contributed by atoms with Gasteiger partial charge in [-0.1, -0.05) is 0 Å². The summed E-state index contributed by atoms with van der Waals surface area (Å²) in [6.45, 7) is 1.69. The van der Waals surface area contributed by atoms with Crippen LogP contribution in [0.4, 0.5) is 0 Å². The predicted octanol–water partition coefficient (Wildman–Crippen LogP) is 2.58. The van der Waals surface area contributed by atoms with Gasteiger partial charge in [-0.05, 0) is 38.1 Å². The topological polar surface area (TPSA) is 63.7 Å². The maximum Gasteiger partial charge on any atom is 0.228 e. The van der Waals surface area contributed by atoms with Gasteiger partial charge in [0.1, 0.15) is 5.01 Å². The average molecular weight is 375 g/mol. The number of hydrogen-bond acceptors (Lipinski definition) is 6. The molecule has 6 nitrogen and oxygen atoms in total. The number of carbonyl (C=O) groups is 1. The Morgan fingerprint density at radius 1 is 1.35 bits per heavy atom. The van der Waals surface area contributed by atoms with E-state index in [4.69, 9.17) is 9.47 Å². The summed E-state index contributed by atoms with van der Waals surface area (Å²) in [6, 6.07) is 6.03. The van der Waals surface area contributed by atoms with Crippen molar-refractivity contribution in [2.45, 2.75) is 25.3 Å². The highest BCUT2D eigenvalue weighted by atomic mass is 32.1. The number of rotatable bonds is 7. The Morgan fingerprint density at radius 3 is 2.88 bits per heavy atom. The molecule has 1 saturated heterocycles. The van der Waals surface area contributed by atoms with Crippen LogP contribution in [0.3, 0.4) is 0 Å². The fourth-order valence-corrected chi connectivity index (χ4v) is 4.18. The number of ether oxygens (including phenoxy) is 2. The van der Waals surface area contributed by atoms with Crippen LogP contribution in [-0.2, 0) is 11.2 Å². The monoisotopic (exact) mass is 375 g/mol. The van der Waals surface area contributed by atoms with Gasteiger partial charge in [0.05, 0.1) is 26.3 Å². The number of benzene rings is 1. The molecule has 7 heteroatoms. The third-order valence-electron chi connectivity index (χ3n) is 4.65. The number of hydrogen-bond donors (Lipinski definition) is 1. The van der Waals surface area contributed by atoms with E-state index in [-0.39, 0.29) is 5.91 Å². The maximum atomic E-state index is 12.7. The molecule has 1 amide bonds. The van der Waals surface area contributed by atoms with Crippen LogP contribution in [0, 0.1) is 0 Å². The van der Waals surface area contributed by atoms with Gasteiger partial charge in [-0.3, -0.25) is 4.79 Å². The number of thiazole rings is 1. The van der Waals surface area contributed by atoms with Crippen molar-refractivity contribution in [3.8, 4) is 22.1 Å². The number of carbonyl (C=O) groups excluding carboxylic acids is 1. The van der Waals surface area contributed by atoms with Gasteiger partial charge < -0.3 is 19.7 Å². The highest BCUT2D eigenvalue weighted by Crippen LogP contribution is 2.33. The molecular formula is C19H25N3O3S. The Balaban J connectivity index is 1.71. The molecule has 1 fully saturated rings. The maximum absolute atomic E-state index is 12.7. The Bertz CT molecular complexity index is 762. The van der Waals surface area contributed by atoms with Crippen LogP contribution in [-0.4, -0.2) is 56.2 Å². The second-order valence-electron chi connectivity index (χ2n) is 6.33. The first-order chi connectivity index (χ1) is 12.7. The highest BCUT2D eigenvalue weighted by Gasteiger charge is 2.28. The summed E-state index contributed by atoms with van der Waals surface area (Å²) in [6.07, 6.45) is 2.50. The van der Waals surface area contributed by atoms with E-state index in [0.717, 1.165) is 42.2 Å². The molecule has 26 heavy (non-hydrogen) atoms. The van der Waals surface area contributed by atoms with E-state index in [0.29, 0.717) is 24.0 Å². The minimum Gasteiger partial charge on any atom is -0.493 e. The van der Waals surface area contributed by atoms with Gasteiger partial charge >= 0.3 is 0 Å². The van der Waals surface area contributed by atoms with Gasteiger partial charge in [0.2, 0.25) is 5.91 Å². The molecule has 1 unspecified atom stereocenters. The predicted molar refractivity (Wildman–Crippen MR) is 103 cm³/mol. The number of nitrogens with one attached hydrogen (secondary N) is 1. The number of methoxy groups -OCH3 is 2. The molecule has 0 radical (unpaired) electrons. The van der Waals surface area contributed by atoms with E-state index < -0.39 is 0 Å². The molecular weight excluding hydrogens is 350 g/mol. The number of likely N-dealkylation sites (tertiary alicyclic amines) is 1. The average Bonchev–Trinajstić information content (AvgIpc) is 3.31. The largest absolute Gasteiger partial charge is 0.493 e. The van der Waals surface area contributed by atoms with E-state index in [9.17, 15) is 4.79 Å². The van der Waals surface area contributed by atoms with Gasteiger partial charge in [0.15, 0.2) is 11.5 Å². The number of nitrogens with zero attached hydrogens (tertiary/aromatic N) is 2. The molecule has 1 aliphatic rings. The first kappa shape index (κ1) is 18.7. The van der Waals surface area contributed by atoms with Crippen LogP contribution < -0.4 is 14.8 Å². The first-order valence-corrected chi connectivity index (χ1v) is 9.65. The van der Waals surface area contributed by atoms with Crippen molar-refractivity contribution < 1.29 is 14.3 Å². The van der Waals surface area contributed by atoms with Crippen LogP contribution in [0.5, 0.6) is 11.5 Å². The third kappa shape index (κ3) is 3.99. The van der Waals surface area contributed by atoms with Gasteiger partial charge in [-0.2, -0.15) is 0 Å². The molecule has 0 bridgehead atoms. The lowest BCUT2D eigenvalue weighted by Gasteiger charge is -2.24. The minimum atomic E-state index is 0.159. The SMILES string of the molecule is CNCC1CCCN1C(=O)Cc1csc(-c2ccc(OC)c(OC)c2)n1. The molecule has 1 aromatic carbocycles. The van der Waals surface area contributed by atoms with E-state index in [2.05, 4.69) is 10.3 Å². The molecule has 0 saturated carbocycles. The smallest absolute Gasteiger partial charge is 0.228 e. The highest BCUT2D eigenvalue weighted by molar-refractivity contribution is 7.13. The normalized spacial score (nSPS) is 16.7. The van der Waals surface area contributed by atoms with E-state index >= 15 is 0 Å². The quantitative estimate of drug-likeness (QED) is 0.806. The first-order valence-electron chi connectivity index (χ1n) is 8.77. The number of aromatic nitrogens is 1. The summed E-state index contributed by atoms with van der Waals surface area (Å²) in [5, 5.41) is 6.02. The Morgan fingerprint density at radius 2 is 2.15 bits per heavy atom. The lowest BCUT2D eigenvalue weighted by Crippen LogP contribution is -2.41. The summed E-state index contributed by atoms with van der Waals surface area (Å²) in [7, 11) is 5.16. The second kappa shape index (κ2) is 8.51. The van der Waals surface area contributed by atoms with Gasteiger partial charge in [-0.25, -0.2) is 4.98 Å². The fourth-order valence-electron chi connectivity index (χ4n) is 3.36. The summed E-state index contributed by atoms with van der Waals surface area (Å²) >= 11 is 1.54. The molecule has 140 valence electrons. The summed E-state index contributed by atoms with van der Waals surface area (Å²) < 4.78 is 10.6. The molecule has 3 rings (SSSR count). The molecule has 1 atom stereocenters. The van der Waals surface area contributed by atoms with Crippen molar-refractivity contribution >= 4 is 17.2 Å². The molecule has 1 N–H and O–H groups in total. The Hall–Kier alpha value is -2.12. The zero-order valence-corrected chi connectivity index (χ0v) is 16.3. The zero-order chi connectivity index (χ0) is 18.5. The minimum absolute atomic E-state index is 0.159. The van der Waals surface area contributed by atoms with Gasteiger partial charge in [0.25, 0.3) is 0 Å². The second-order valence-corrected chi connectivity index (χ2v) is 7.19. The van der Waals surface area contributed by atoms with E-state index in [1.807, 2.05) is 35.5 Å². The zero-order valence-electron chi connectivity index (χ0n) is 15.4. The Kier molecular flexibility index (Phi) is 6.11. The lowest BCUT2D eigenvalue weighted by atomic mass is 10.2. The summed E-state index contributed by atoms with van der Waals surface area (Å²) in [5.41, 5.74) is 1.78. The Labute approximate surface area is 158 Å². The molecule has 2 aromatic rings. The molecule has 2 heterocycles. The van der Waals surface area contributed by atoms with E-state index in [1.54, 1.807) is 25.6 Å². The molecule has 0 aliphatic carbocycles. The molecule has 1 aromatic heterocycles. The molecule has 0 spiro atoms. The van der Waals surface area contributed by atoms with Crippen LogP contribution in [0.25, 0.3) is 10.6 Å². The molecule has 1 aliphatic heterocycles. The lowest BCUT2D eigenvalue weighted by molar-refractivity contribution is -0.131. The van der Waals surface area contributed by atoms with Crippen LogP contribution in [0.15, 0.2) is 23.6 Å². The van der Waals surface area contributed by atoms with Crippen LogP contribution in [0.1, 0.15) is 18.5 Å². The van der Waals surface area contributed by atoms with E-state index in [1.165, 1.54) is 0 Å². The summed E-state index contributed by atoms with van der Waals surface area (Å²) in [4.78, 5) is 19.3.